The number of aromatic nitrogens is 2. The van der Waals surface area contributed by atoms with Gasteiger partial charge in [0, 0.05) is 6.20 Å². The number of likely N-dealkylation sites (tertiary alicyclic amines) is 1. The fraction of sp³-hybridized carbons (Fsp3) is 0.421. The predicted octanol–water partition coefficient (Wildman–Crippen LogP) is 2.54. The van der Waals surface area contributed by atoms with E-state index in [1.165, 1.54) is 13.3 Å². The molecule has 10 heteroatoms. The van der Waals surface area contributed by atoms with E-state index >= 15 is 0 Å². The Bertz CT molecular complexity index is 941. The van der Waals surface area contributed by atoms with Crippen molar-refractivity contribution < 1.29 is 27.8 Å². The normalized spacial score (nSPS) is 17.4. The van der Waals surface area contributed by atoms with Crippen LogP contribution in [0.3, 0.4) is 0 Å². The first-order chi connectivity index (χ1) is 13.7. The zero-order valence-electron chi connectivity index (χ0n) is 15.6. The lowest BCUT2D eigenvalue weighted by Gasteiger charge is -2.23. The minimum atomic E-state index is -4.91. The van der Waals surface area contributed by atoms with E-state index in [1.54, 1.807) is 29.2 Å². The largest absolute Gasteiger partial charge is 0.497 e. The first kappa shape index (κ1) is 20.8. The van der Waals surface area contributed by atoms with Crippen LogP contribution in [0.25, 0.3) is 0 Å². The van der Waals surface area contributed by atoms with Crippen LogP contribution in [0.1, 0.15) is 35.8 Å². The van der Waals surface area contributed by atoms with Crippen molar-refractivity contribution >= 4 is 5.97 Å². The van der Waals surface area contributed by atoms with E-state index in [4.69, 9.17) is 9.84 Å². The molecule has 7 nitrogen and oxygen atoms in total. The number of methoxy groups -OCH3 is 1. The van der Waals surface area contributed by atoms with Crippen molar-refractivity contribution in [2.75, 3.05) is 20.2 Å². The SMILES string of the molecule is COc1ccc(Cn2cc(C3CCCN3CC(=O)O)nc(C(F)(F)F)c2=O)cc1. The van der Waals surface area contributed by atoms with E-state index in [0.29, 0.717) is 30.7 Å². The lowest BCUT2D eigenvalue weighted by molar-refractivity contribution is -0.143. The van der Waals surface area contributed by atoms with Gasteiger partial charge < -0.3 is 14.4 Å². The van der Waals surface area contributed by atoms with Crippen LogP contribution in [0.5, 0.6) is 5.75 Å². The second kappa shape index (κ2) is 8.24. The number of nitrogens with zero attached hydrogens (tertiary/aromatic N) is 3. The Balaban J connectivity index is 2.02. The van der Waals surface area contributed by atoms with Gasteiger partial charge in [-0.3, -0.25) is 14.5 Å². The van der Waals surface area contributed by atoms with Crippen molar-refractivity contribution in [1.29, 1.82) is 0 Å². The van der Waals surface area contributed by atoms with Gasteiger partial charge >= 0.3 is 12.1 Å². The molecule has 0 bridgehead atoms. The molecule has 1 aromatic heterocycles. The zero-order chi connectivity index (χ0) is 21.2. The highest BCUT2D eigenvalue weighted by Gasteiger charge is 2.39. The van der Waals surface area contributed by atoms with Crippen LogP contribution in [0.4, 0.5) is 13.2 Å². The number of rotatable bonds is 6. The Hall–Kier alpha value is -2.88. The van der Waals surface area contributed by atoms with Crippen LogP contribution < -0.4 is 10.3 Å². The maximum absolute atomic E-state index is 13.4. The molecule has 1 N–H and O–H groups in total. The summed E-state index contributed by atoms with van der Waals surface area (Å²) in [5.41, 5.74) is -2.07. The smallest absolute Gasteiger partial charge is 0.438 e. The average Bonchev–Trinajstić information content (AvgIpc) is 3.10. The van der Waals surface area contributed by atoms with E-state index in [2.05, 4.69) is 4.98 Å². The molecule has 2 aromatic rings. The molecule has 1 aromatic carbocycles. The summed E-state index contributed by atoms with van der Waals surface area (Å²) in [6, 6.07) is 6.03. The molecule has 0 saturated carbocycles. The van der Waals surface area contributed by atoms with E-state index in [1.807, 2.05) is 0 Å². The van der Waals surface area contributed by atoms with Crippen LogP contribution >= 0.6 is 0 Å². The summed E-state index contributed by atoms with van der Waals surface area (Å²) in [4.78, 5) is 28.6. The van der Waals surface area contributed by atoms with Crippen molar-refractivity contribution in [3.63, 3.8) is 0 Å². The van der Waals surface area contributed by atoms with E-state index in [-0.39, 0.29) is 18.8 Å². The Morgan fingerprint density at radius 2 is 2.00 bits per heavy atom. The quantitative estimate of drug-likeness (QED) is 0.787. The molecular weight excluding hydrogens is 391 g/mol. The van der Waals surface area contributed by atoms with Gasteiger partial charge in [0.2, 0.25) is 5.69 Å². The first-order valence-electron chi connectivity index (χ1n) is 8.96. The van der Waals surface area contributed by atoms with Crippen LogP contribution in [-0.4, -0.2) is 45.7 Å². The summed E-state index contributed by atoms with van der Waals surface area (Å²) in [5, 5.41) is 9.05. The van der Waals surface area contributed by atoms with E-state index < -0.39 is 29.4 Å². The number of hydrogen-bond acceptors (Lipinski definition) is 5. The van der Waals surface area contributed by atoms with E-state index in [9.17, 15) is 22.8 Å². The number of carboxylic acids is 1. The highest BCUT2D eigenvalue weighted by atomic mass is 19.4. The molecule has 0 aliphatic carbocycles. The second-order valence-electron chi connectivity index (χ2n) is 6.82. The average molecular weight is 411 g/mol. The molecule has 1 atom stereocenters. The van der Waals surface area contributed by atoms with E-state index in [0.717, 1.165) is 4.57 Å². The highest BCUT2D eigenvalue weighted by Crippen LogP contribution is 2.32. The molecule has 29 heavy (non-hydrogen) atoms. The monoisotopic (exact) mass is 411 g/mol. The number of alkyl halides is 3. The van der Waals surface area contributed by atoms with Crippen LogP contribution in [-0.2, 0) is 17.5 Å². The number of carbonyl (C=O) groups is 1. The topological polar surface area (TPSA) is 84.7 Å². The number of ether oxygens (including phenoxy) is 1. The van der Waals surface area contributed by atoms with Gasteiger partial charge in [-0.1, -0.05) is 12.1 Å². The van der Waals surface area contributed by atoms with Crippen molar-refractivity contribution in [1.82, 2.24) is 14.5 Å². The third kappa shape index (κ3) is 4.76. The van der Waals surface area contributed by atoms with Gasteiger partial charge in [0.05, 0.1) is 31.9 Å². The molecule has 156 valence electrons. The second-order valence-corrected chi connectivity index (χ2v) is 6.82. The summed E-state index contributed by atoms with van der Waals surface area (Å²) < 4.78 is 46.4. The molecule has 3 rings (SSSR count). The lowest BCUT2D eigenvalue weighted by Crippen LogP contribution is -2.35. The van der Waals surface area contributed by atoms with Crippen LogP contribution in [0.2, 0.25) is 0 Å². The van der Waals surface area contributed by atoms with Gasteiger partial charge in [0.15, 0.2) is 0 Å². The number of carboxylic acid groups (broad SMARTS) is 1. The van der Waals surface area contributed by atoms with Crippen molar-refractivity contribution in [2.45, 2.75) is 31.6 Å². The van der Waals surface area contributed by atoms with Crippen molar-refractivity contribution in [3.05, 3.63) is 57.8 Å². The van der Waals surface area contributed by atoms with Crippen molar-refractivity contribution in [3.8, 4) is 5.75 Å². The summed E-state index contributed by atoms with van der Waals surface area (Å²) in [5.74, 6) is -0.484. The fourth-order valence-corrected chi connectivity index (χ4v) is 3.47. The summed E-state index contributed by atoms with van der Waals surface area (Å²) in [6.45, 7) is 0.0655. The highest BCUT2D eigenvalue weighted by molar-refractivity contribution is 5.69. The molecule has 1 fully saturated rings. The Morgan fingerprint density at radius 3 is 2.59 bits per heavy atom. The van der Waals surface area contributed by atoms with Gasteiger partial charge in [-0.2, -0.15) is 13.2 Å². The number of aliphatic carboxylic acids is 1. The molecule has 0 spiro atoms. The molecule has 1 aliphatic heterocycles. The van der Waals surface area contributed by atoms with Gasteiger partial charge in [-0.15, -0.1) is 0 Å². The summed E-state index contributed by atoms with van der Waals surface area (Å²) in [7, 11) is 1.49. The Labute approximate surface area is 164 Å². The molecule has 0 radical (unpaired) electrons. The lowest BCUT2D eigenvalue weighted by atomic mass is 10.1. The predicted molar refractivity (Wildman–Crippen MR) is 96.8 cm³/mol. The maximum atomic E-state index is 13.4. The summed E-state index contributed by atoms with van der Waals surface area (Å²) in [6.07, 6.45) is -2.51. The van der Waals surface area contributed by atoms with Gasteiger partial charge in [0.1, 0.15) is 5.75 Å². The molecule has 1 aliphatic rings. The van der Waals surface area contributed by atoms with Gasteiger partial charge in [-0.05, 0) is 37.1 Å². The summed E-state index contributed by atoms with van der Waals surface area (Å²) >= 11 is 0. The van der Waals surface area contributed by atoms with Crippen LogP contribution in [0, 0.1) is 0 Å². The number of benzene rings is 1. The maximum Gasteiger partial charge on any atom is 0.438 e. The number of hydrogen-bond donors (Lipinski definition) is 1. The molecule has 1 saturated heterocycles. The first-order valence-corrected chi connectivity index (χ1v) is 8.96. The van der Waals surface area contributed by atoms with Gasteiger partial charge in [-0.25, -0.2) is 4.98 Å². The minimum Gasteiger partial charge on any atom is -0.497 e. The number of halogens is 3. The fourth-order valence-electron chi connectivity index (χ4n) is 3.47. The molecule has 1 unspecified atom stereocenters. The third-order valence-electron chi connectivity index (χ3n) is 4.82. The van der Waals surface area contributed by atoms with Crippen LogP contribution in [0.15, 0.2) is 35.3 Å². The minimum absolute atomic E-state index is 0.0455. The molecule has 2 heterocycles. The molecular formula is C19H20F3N3O4. The third-order valence-corrected chi connectivity index (χ3v) is 4.82. The standard InChI is InChI=1S/C19H20F3N3O4/c1-29-13-6-4-12(5-7-13)9-25-10-14(23-17(18(25)28)19(20,21)22)15-3-2-8-24(15)11-16(26)27/h4-7,10,15H,2-3,8-9,11H2,1H3,(H,26,27). The zero-order valence-corrected chi connectivity index (χ0v) is 15.6. The Kier molecular flexibility index (Phi) is 5.92. The van der Waals surface area contributed by atoms with Crippen molar-refractivity contribution in [2.24, 2.45) is 0 Å². The molecule has 0 amide bonds. The van der Waals surface area contributed by atoms with Gasteiger partial charge in [0.25, 0.3) is 5.56 Å². The Morgan fingerprint density at radius 1 is 1.31 bits per heavy atom.